The highest BCUT2D eigenvalue weighted by Crippen LogP contribution is 2.37. The van der Waals surface area contributed by atoms with E-state index in [0.29, 0.717) is 31.1 Å². The number of hydrogen-bond acceptors (Lipinski definition) is 6. The van der Waals surface area contributed by atoms with Crippen molar-refractivity contribution in [1.29, 1.82) is 0 Å². The molecule has 0 bridgehead atoms. The molecule has 8 nitrogen and oxygen atoms in total. The highest BCUT2D eigenvalue weighted by molar-refractivity contribution is 8.00. The molecule has 176 valence electrons. The number of methoxy groups -OCH3 is 1. The Kier molecular flexibility index (Phi) is 7.26. The van der Waals surface area contributed by atoms with Crippen LogP contribution in [0.3, 0.4) is 0 Å². The lowest BCUT2D eigenvalue weighted by Gasteiger charge is -2.30. The van der Waals surface area contributed by atoms with Gasteiger partial charge in [0.15, 0.2) is 0 Å². The van der Waals surface area contributed by atoms with Gasteiger partial charge in [0, 0.05) is 24.5 Å². The number of nitrogens with one attached hydrogen (secondary N) is 1. The molecule has 33 heavy (non-hydrogen) atoms. The van der Waals surface area contributed by atoms with Gasteiger partial charge in [-0.25, -0.2) is 8.42 Å². The van der Waals surface area contributed by atoms with E-state index in [1.54, 1.807) is 19.2 Å². The fourth-order valence-electron chi connectivity index (χ4n) is 3.95. The molecule has 10 heteroatoms. The van der Waals surface area contributed by atoms with Crippen molar-refractivity contribution in [2.75, 3.05) is 37.4 Å². The van der Waals surface area contributed by atoms with Gasteiger partial charge in [-0.1, -0.05) is 18.6 Å². The minimum absolute atomic E-state index is 0.153. The predicted molar refractivity (Wildman–Crippen MR) is 127 cm³/mol. The Bertz CT molecular complexity index is 1150. The molecule has 2 aliphatic rings. The number of amides is 2. The Morgan fingerprint density at radius 1 is 1.12 bits per heavy atom. The number of rotatable bonds is 7. The lowest BCUT2D eigenvalue weighted by molar-refractivity contribution is -0.123. The van der Waals surface area contributed by atoms with Crippen molar-refractivity contribution < 1.29 is 22.7 Å². The van der Waals surface area contributed by atoms with Crippen LogP contribution in [0.5, 0.6) is 5.75 Å². The van der Waals surface area contributed by atoms with E-state index in [1.807, 2.05) is 24.3 Å². The number of ether oxygens (including phenoxy) is 1. The van der Waals surface area contributed by atoms with Gasteiger partial charge in [0.1, 0.15) is 12.3 Å². The van der Waals surface area contributed by atoms with Gasteiger partial charge in [-0.2, -0.15) is 4.31 Å². The lowest BCUT2D eigenvalue weighted by Crippen LogP contribution is -2.43. The summed E-state index contributed by atoms with van der Waals surface area (Å²) in [5.41, 5.74) is 1.34. The smallest absolute Gasteiger partial charge is 0.243 e. The first-order chi connectivity index (χ1) is 15.9. The fourth-order valence-corrected chi connectivity index (χ4v) is 6.41. The second-order valence-corrected chi connectivity index (χ2v) is 10.9. The van der Waals surface area contributed by atoms with Crippen LogP contribution in [0, 0.1) is 0 Å². The Morgan fingerprint density at radius 3 is 2.67 bits per heavy atom. The van der Waals surface area contributed by atoms with Gasteiger partial charge in [0.25, 0.3) is 0 Å². The Morgan fingerprint density at radius 2 is 1.91 bits per heavy atom. The molecule has 4 rings (SSSR count). The maximum Gasteiger partial charge on any atom is 0.243 e. The second-order valence-electron chi connectivity index (χ2n) is 7.99. The van der Waals surface area contributed by atoms with Gasteiger partial charge in [0.05, 0.1) is 23.4 Å². The molecule has 0 radical (unpaired) electrons. The zero-order valence-corrected chi connectivity index (χ0v) is 20.1. The summed E-state index contributed by atoms with van der Waals surface area (Å²) in [6.07, 6.45) is 2.72. The third kappa shape index (κ3) is 5.34. The monoisotopic (exact) mass is 489 g/mol. The molecule has 2 aromatic carbocycles. The molecule has 0 atom stereocenters. The van der Waals surface area contributed by atoms with Crippen molar-refractivity contribution in [3.05, 3.63) is 48.0 Å². The van der Waals surface area contributed by atoms with E-state index in [9.17, 15) is 18.0 Å². The first-order valence-electron chi connectivity index (χ1n) is 10.9. The van der Waals surface area contributed by atoms with Crippen molar-refractivity contribution in [1.82, 2.24) is 9.62 Å². The van der Waals surface area contributed by atoms with Crippen molar-refractivity contribution in [3.8, 4) is 5.75 Å². The number of benzene rings is 2. The number of carbonyl (C=O) groups excluding carboxylic acids is 2. The summed E-state index contributed by atoms with van der Waals surface area (Å²) in [4.78, 5) is 27.6. The van der Waals surface area contributed by atoms with Crippen LogP contribution in [0.15, 0.2) is 52.3 Å². The minimum Gasteiger partial charge on any atom is -0.497 e. The van der Waals surface area contributed by atoms with E-state index in [-0.39, 0.29) is 29.0 Å². The number of anilines is 1. The molecule has 2 aliphatic heterocycles. The summed E-state index contributed by atoms with van der Waals surface area (Å²) in [6, 6.07) is 12.2. The van der Waals surface area contributed by atoms with Gasteiger partial charge in [0.2, 0.25) is 21.8 Å². The third-order valence-corrected chi connectivity index (χ3v) is 8.69. The normalized spacial score (nSPS) is 16.9. The summed E-state index contributed by atoms with van der Waals surface area (Å²) in [7, 11) is -2.07. The molecule has 0 aromatic heterocycles. The fraction of sp³-hybridized carbons (Fsp3) is 0.391. The molecule has 0 aliphatic carbocycles. The van der Waals surface area contributed by atoms with E-state index in [2.05, 4.69) is 5.32 Å². The number of fused-ring (bicyclic) bond motifs is 1. The van der Waals surface area contributed by atoms with Crippen LogP contribution in [0.1, 0.15) is 24.8 Å². The van der Waals surface area contributed by atoms with Crippen LogP contribution in [-0.4, -0.2) is 57.0 Å². The highest BCUT2D eigenvalue weighted by Gasteiger charge is 2.31. The van der Waals surface area contributed by atoms with Gasteiger partial charge < -0.3 is 15.0 Å². The molecule has 0 unspecified atom stereocenters. The van der Waals surface area contributed by atoms with Crippen LogP contribution in [0.25, 0.3) is 0 Å². The lowest BCUT2D eigenvalue weighted by atomic mass is 10.2. The Hall–Kier alpha value is -2.56. The van der Waals surface area contributed by atoms with Crippen molar-refractivity contribution in [2.24, 2.45) is 0 Å². The first-order valence-corrected chi connectivity index (χ1v) is 13.3. The Labute approximate surface area is 198 Å². The van der Waals surface area contributed by atoms with Crippen LogP contribution < -0.4 is 15.0 Å². The van der Waals surface area contributed by atoms with Gasteiger partial charge in [-0.15, -0.1) is 11.8 Å². The number of hydrogen-bond donors (Lipinski definition) is 1. The van der Waals surface area contributed by atoms with Crippen LogP contribution in [0.4, 0.5) is 5.69 Å². The topological polar surface area (TPSA) is 96.0 Å². The maximum absolute atomic E-state index is 13.1. The van der Waals surface area contributed by atoms with Gasteiger partial charge in [-0.3, -0.25) is 9.59 Å². The van der Waals surface area contributed by atoms with E-state index < -0.39 is 10.0 Å². The molecule has 1 N–H and O–H groups in total. The zero-order chi connectivity index (χ0) is 23.4. The van der Waals surface area contributed by atoms with Crippen molar-refractivity contribution in [3.63, 3.8) is 0 Å². The summed E-state index contributed by atoms with van der Waals surface area (Å²) in [5.74, 6) is 0.347. The van der Waals surface area contributed by atoms with Gasteiger partial charge in [-0.05, 0) is 48.7 Å². The molecule has 1 fully saturated rings. The number of piperidine rings is 1. The van der Waals surface area contributed by atoms with E-state index in [4.69, 9.17) is 4.74 Å². The van der Waals surface area contributed by atoms with E-state index in [0.717, 1.165) is 29.7 Å². The number of carbonyl (C=O) groups is 2. The Balaban J connectivity index is 1.51. The van der Waals surface area contributed by atoms with Gasteiger partial charge >= 0.3 is 0 Å². The maximum atomic E-state index is 13.1. The van der Waals surface area contributed by atoms with Crippen molar-refractivity contribution >= 4 is 39.3 Å². The predicted octanol–water partition coefficient (Wildman–Crippen LogP) is 2.62. The quantitative estimate of drug-likeness (QED) is 0.642. The molecule has 2 aromatic rings. The number of thioether (sulfide) groups is 1. The molecule has 0 spiro atoms. The standard InChI is InChI=1S/C23H27N3O5S2/c1-31-18-7-5-6-17(12-18)14-24-22(27)15-26-20-13-19(8-9-21(20)32-16-23(26)28)33(29,30)25-10-3-2-4-11-25/h5-9,12-13H,2-4,10-11,14-16H2,1H3,(H,24,27). The van der Waals surface area contributed by atoms with Crippen LogP contribution >= 0.6 is 11.8 Å². The van der Waals surface area contributed by atoms with E-state index >= 15 is 0 Å². The second kappa shape index (κ2) is 10.1. The van der Waals surface area contributed by atoms with Crippen LogP contribution in [-0.2, 0) is 26.2 Å². The molecule has 2 heterocycles. The molecular weight excluding hydrogens is 462 g/mol. The zero-order valence-electron chi connectivity index (χ0n) is 18.5. The molecule has 1 saturated heterocycles. The molecular formula is C23H27N3O5S2. The average molecular weight is 490 g/mol. The summed E-state index contributed by atoms with van der Waals surface area (Å²) in [5, 5.41) is 2.82. The SMILES string of the molecule is COc1cccc(CNC(=O)CN2C(=O)CSc3ccc(S(=O)(=O)N4CCCCC4)cc32)c1. The minimum atomic E-state index is -3.64. The summed E-state index contributed by atoms with van der Waals surface area (Å²) in [6.45, 7) is 1.12. The van der Waals surface area contributed by atoms with E-state index in [1.165, 1.54) is 27.0 Å². The number of sulfonamides is 1. The number of nitrogens with zero attached hydrogens (tertiary/aromatic N) is 2. The average Bonchev–Trinajstić information content (AvgIpc) is 2.85. The highest BCUT2D eigenvalue weighted by atomic mass is 32.2. The molecule has 2 amide bonds. The van der Waals surface area contributed by atoms with Crippen LogP contribution in [0.2, 0.25) is 0 Å². The first kappa shape index (κ1) is 23.6. The third-order valence-electron chi connectivity index (χ3n) is 5.75. The molecule has 0 saturated carbocycles. The van der Waals surface area contributed by atoms with Crippen molar-refractivity contribution in [2.45, 2.75) is 35.6 Å². The summed E-state index contributed by atoms with van der Waals surface area (Å²) >= 11 is 1.35. The largest absolute Gasteiger partial charge is 0.497 e. The summed E-state index contributed by atoms with van der Waals surface area (Å²) < 4.78 is 32.9.